The topological polar surface area (TPSA) is 79.5 Å². The Morgan fingerprint density at radius 1 is 1.48 bits per heavy atom. The first-order valence-corrected chi connectivity index (χ1v) is 9.27. The second-order valence-electron chi connectivity index (χ2n) is 6.91. The highest BCUT2D eigenvalue weighted by Crippen LogP contribution is 2.42. The molecule has 1 aromatic heterocycles. The molecular formula is C16H21N3O2S2. The smallest absolute Gasteiger partial charge is 0.407 e. The number of rotatable bonds is 2. The second kappa shape index (κ2) is 5.87. The number of hydrogen-bond donors (Lipinski definition) is 2. The number of carboxylic acid groups (broad SMARTS) is 1. The number of likely N-dealkylation sites (tertiary alicyclic amines) is 1. The van der Waals surface area contributed by atoms with Crippen LogP contribution in [0.2, 0.25) is 0 Å². The van der Waals surface area contributed by atoms with Crippen molar-refractivity contribution in [3.05, 3.63) is 18.2 Å². The number of anilines is 1. The fraction of sp³-hybridized carbons (Fsp3) is 0.500. The second-order valence-corrected chi connectivity index (χ2v) is 9.29. The summed E-state index contributed by atoms with van der Waals surface area (Å²) in [5.41, 5.74) is 6.59. The average molecular weight is 351 g/mol. The normalized spacial score (nSPS) is 22.0. The van der Waals surface area contributed by atoms with Crippen molar-refractivity contribution in [2.45, 2.75) is 43.4 Å². The number of benzene rings is 1. The fourth-order valence-corrected chi connectivity index (χ4v) is 5.74. The Kier molecular flexibility index (Phi) is 4.18. The summed E-state index contributed by atoms with van der Waals surface area (Å²) < 4.78 is 1.08. The minimum atomic E-state index is -0.821. The molecule has 124 valence electrons. The van der Waals surface area contributed by atoms with Gasteiger partial charge in [-0.3, -0.25) is 0 Å². The number of aromatic nitrogens is 1. The quantitative estimate of drug-likeness (QED) is 0.850. The molecule has 1 amide bonds. The molecule has 1 saturated heterocycles. The van der Waals surface area contributed by atoms with E-state index in [2.05, 4.69) is 37.9 Å². The predicted molar refractivity (Wildman–Crippen MR) is 96.3 cm³/mol. The van der Waals surface area contributed by atoms with Crippen LogP contribution in [-0.4, -0.2) is 38.9 Å². The van der Waals surface area contributed by atoms with Gasteiger partial charge in [-0.1, -0.05) is 32.1 Å². The molecule has 0 radical (unpaired) electrons. The van der Waals surface area contributed by atoms with Crippen LogP contribution < -0.4 is 5.73 Å². The number of fused-ring (bicyclic) bond motifs is 1. The number of thiazole rings is 1. The van der Waals surface area contributed by atoms with Gasteiger partial charge in [0.25, 0.3) is 0 Å². The van der Waals surface area contributed by atoms with Crippen molar-refractivity contribution < 1.29 is 9.90 Å². The number of amides is 1. The van der Waals surface area contributed by atoms with Crippen molar-refractivity contribution in [3.8, 4) is 0 Å². The van der Waals surface area contributed by atoms with Crippen LogP contribution >= 0.6 is 23.1 Å². The summed E-state index contributed by atoms with van der Waals surface area (Å²) in [5.74, 6) is 0. The van der Waals surface area contributed by atoms with Crippen molar-refractivity contribution in [3.63, 3.8) is 0 Å². The molecule has 0 saturated carbocycles. The van der Waals surface area contributed by atoms with Crippen molar-refractivity contribution >= 4 is 44.5 Å². The lowest BCUT2D eigenvalue weighted by Crippen LogP contribution is -2.46. The Morgan fingerprint density at radius 3 is 2.87 bits per heavy atom. The molecule has 0 bridgehead atoms. The highest BCUT2D eigenvalue weighted by Gasteiger charge is 2.44. The van der Waals surface area contributed by atoms with Crippen LogP contribution in [0.3, 0.4) is 0 Å². The highest BCUT2D eigenvalue weighted by molar-refractivity contribution is 8.00. The molecule has 1 aliphatic heterocycles. The lowest BCUT2D eigenvalue weighted by molar-refractivity contribution is 0.108. The van der Waals surface area contributed by atoms with Gasteiger partial charge in [0.05, 0.1) is 16.3 Å². The van der Waals surface area contributed by atoms with Crippen LogP contribution in [-0.2, 0) is 0 Å². The van der Waals surface area contributed by atoms with Gasteiger partial charge in [-0.05, 0) is 30.0 Å². The zero-order valence-corrected chi connectivity index (χ0v) is 15.1. The molecule has 0 aliphatic carbocycles. The van der Waals surface area contributed by atoms with E-state index in [1.54, 1.807) is 16.7 Å². The Hall–Kier alpha value is -1.47. The van der Waals surface area contributed by atoms with Crippen LogP contribution in [0.5, 0.6) is 0 Å². The molecule has 1 unspecified atom stereocenters. The maximum absolute atomic E-state index is 11.5. The molecule has 0 spiro atoms. The molecule has 1 aromatic carbocycles. The molecular weight excluding hydrogens is 330 g/mol. The molecule has 23 heavy (non-hydrogen) atoms. The summed E-state index contributed by atoms with van der Waals surface area (Å²) in [6, 6.07) is 6.15. The lowest BCUT2D eigenvalue weighted by atomic mass is 9.85. The van der Waals surface area contributed by atoms with Crippen molar-refractivity contribution in [1.82, 2.24) is 9.88 Å². The monoisotopic (exact) mass is 351 g/mol. The summed E-state index contributed by atoms with van der Waals surface area (Å²) in [5, 5.41) is 10.3. The summed E-state index contributed by atoms with van der Waals surface area (Å²) in [6.07, 6.45) is 0.0561. The van der Waals surface area contributed by atoms with E-state index in [1.165, 1.54) is 11.3 Å². The number of thioether (sulfide) groups is 1. The molecule has 2 atom stereocenters. The van der Waals surface area contributed by atoms with Gasteiger partial charge >= 0.3 is 6.09 Å². The molecule has 3 N–H and O–H groups in total. The van der Waals surface area contributed by atoms with Crippen LogP contribution in [0.1, 0.15) is 27.2 Å². The highest BCUT2D eigenvalue weighted by atomic mass is 32.2. The first-order valence-electron chi connectivity index (χ1n) is 7.58. The first kappa shape index (κ1) is 16.4. The van der Waals surface area contributed by atoms with Crippen LogP contribution in [0.4, 0.5) is 9.93 Å². The largest absolute Gasteiger partial charge is 0.465 e. The number of carbonyl (C=O) groups is 1. The molecule has 2 aromatic rings. The SMILES string of the molecule is CC(C)(C)C1[C@@H](Sc2ccc3nc(N)sc3c2)CCN1C(=O)O. The zero-order valence-electron chi connectivity index (χ0n) is 13.4. The number of nitrogen functional groups attached to an aromatic ring is 1. The van der Waals surface area contributed by atoms with Gasteiger partial charge in [-0.2, -0.15) is 0 Å². The molecule has 1 aliphatic rings. The third-order valence-electron chi connectivity index (χ3n) is 4.14. The first-order chi connectivity index (χ1) is 10.8. The Labute approximate surface area is 143 Å². The van der Waals surface area contributed by atoms with Gasteiger partial charge in [0, 0.05) is 16.7 Å². The zero-order chi connectivity index (χ0) is 16.8. The summed E-state index contributed by atoms with van der Waals surface area (Å²) in [6.45, 7) is 6.93. The maximum atomic E-state index is 11.5. The number of nitrogens with two attached hydrogens (primary N) is 1. The maximum Gasteiger partial charge on any atom is 0.407 e. The van der Waals surface area contributed by atoms with Gasteiger partial charge in [0.15, 0.2) is 5.13 Å². The van der Waals surface area contributed by atoms with E-state index in [0.717, 1.165) is 21.5 Å². The van der Waals surface area contributed by atoms with E-state index in [-0.39, 0.29) is 16.7 Å². The molecule has 7 heteroatoms. The molecule has 2 heterocycles. The summed E-state index contributed by atoms with van der Waals surface area (Å²) >= 11 is 3.25. The van der Waals surface area contributed by atoms with Gasteiger partial charge in [0.2, 0.25) is 0 Å². The number of hydrogen-bond acceptors (Lipinski definition) is 5. The minimum Gasteiger partial charge on any atom is -0.465 e. The van der Waals surface area contributed by atoms with Gasteiger partial charge < -0.3 is 15.7 Å². The van der Waals surface area contributed by atoms with Gasteiger partial charge in [-0.25, -0.2) is 9.78 Å². The summed E-state index contributed by atoms with van der Waals surface area (Å²) in [7, 11) is 0. The van der Waals surface area contributed by atoms with E-state index in [0.29, 0.717) is 11.7 Å². The van der Waals surface area contributed by atoms with Gasteiger partial charge in [0.1, 0.15) is 0 Å². The Balaban J connectivity index is 1.86. The third kappa shape index (κ3) is 3.26. The number of nitrogens with zero attached hydrogens (tertiary/aromatic N) is 2. The molecule has 5 nitrogen and oxygen atoms in total. The summed E-state index contributed by atoms with van der Waals surface area (Å²) in [4.78, 5) is 18.6. The molecule has 1 fully saturated rings. The Morgan fingerprint density at radius 2 is 2.22 bits per heavy atom. The third-order valence-corrected chi connectivity index (χ3v) is 6.31. The minimum absolute atomic E-state index is 0.00669. The van der Waals surface area contributed by atoms with Crippen LogP contribution in [0.25, 0.3) is 10.2 Å². The van der Waals surface area contributed by atoms with Crippen molar-refractivity contribution in [2.24, 2.45) is 5.41 Å². The lowest BCUT2D eigenvalue weighted by Gasteiger charge is -2.36. The standard InChI is InChI=1S/C16H21N3O2S2/c1-16(2,3)13-11(6-7-19(13)15(20)21)22-9-4-5-10-12(8-9)23-14(17)18-10/h4-5,8,11,13H,6-7H2,1-3H3,(H2,17,18)(H,20,21)/t11-,13?/m0/s1. The average Bonchev–Trinajstić information content (AvgIpc) is 3.00. The van der Waals surface area contributed by atoms with Crippen molar-refractivity contribution in [2.75, 3.05) is 12.3 Å². The van der Waals surface area contributed by atoms with E-state index in [4.69, 9.17) is 5.73 Å². The molecule has 3 rings (SSSR count). The van der Waals surface area contributed by atoms with E-state index in [1.807, 2.05) is 6.07 Å². The fourth-order valence-electron chi connectivity index (χ4n) is 3.30. The van der Waals surface area contributed by atoms with E-state index in [9.17, 15) is 9.90 Å². The van der Waals surface area contributed by atoms with Crippen LogP contribution in [0.15, 0.2) is 23.1 Å². The van der Waals surface area contributed by atoms with E-state index < -0.39 is 6.09 Å². The predicted octanol–water partition coefficient (Wildman–Crippen LogP) is 4.14. The van der Waals surface area contributed by atoms with Crippen molar-refractivity contribution in [1.29, 1.82) is 0 Å². The van der Waals surface area contributed by atoms with Gasteiger partial charge in [-0.15, -0.1) is 11.8 Å². The Bertz CT molecular complexity index is 738. The van der Waals surface area contributed by atoms with Crippen LogP contribution in [0, 0.1) is 5.41 Å². The van der Waals surface area contributed by atoms with E-state index >= 15 is 0 Å².